The van der Waals surface area contributed by atoms with Crippen LogP contribution in [0.2, 0.25) is 0 Å². The van der Waals surface area contributed by atoms with Gasteiger partial charge < -0.3 is 5.32 Å². The molecule has 0 amide bonds. The monoisotopic (exact) mass is 177 g/mol. The molecule has 0 fully saturated rings. The van der Waals surface area contributed by atoms with E-state index < -0.39 is 0 Å². The Morgan fingerprint density at radius 1 is 1.31 bits per heavy atom. The van der Waals surface area contributed by atoms with Crippen LogP contribution in [0, 0.1) is 6.92 Å². The van der Waals surface area contributed by atoms with E-state index >= 15 is 0 Å². The summed E-state index contributed by atoms with van der Waals surface area (Å²) in [4.78, 5) is 0. The lowest BCUT2D eigenvalue weighted by atomic mass is 9.94. The molecule has 1 N–H and O–H groups in total. The van der Waals surface area contributed by atoms with Gasteiger partial charge in [0.25, 0.3) is 0 Å². The van der Waals surface area contributed by atoms with E-state index in [2.05, 4.69) is 50.4 Å². The van der Waals surface area contributed by atoms with E-state index in [4.69, 9.17) is 0 Å². The Hall–Kier alpha value is -0.820. The second-order valence-electron chi connectivity index (χ2n) is 4.30. The lowest BCUT2D eigenvalue weighted by molar-refractivity contribution is 0.422. The quantitative estimate of drug-likeness (QED) is 0.748. The maximum absolute atomic E-state index is 3.31. The molecule has 72 valence electrons. The molecule has 1 aromatic rings. The lowest BCUT2D eigenvalue weighted by Gasteiger charge is -2.24. The normalized spacial score (nSPS) is 11.7. The number of benzene rings is 1. The van der Waals surface area contributed by atoms with Crippen molar-refractivity contribution in [2.45, 2.75) is 32.7 Å². The highest BCUT2D eigenvalue weighted by atomic mass is 14.9. The Morgan fingerprint density at radius 3 is 2.54 bits per heavy atom. The predicted octanol–water partition coefficient (Wildman–Crippen LogP) is 2.54. The van der Waals surface area contributed by atoms with Crippen molar-refractivity contribution in [2.24, 2.45) is 0 Å². The van der Waals surface area contributed by atoms with Crippen LogP contribution in [0.25, 0.3) is 0 Å². The van der Waals surface area contributed by atoms with E-state index in [0.717, 1.165) is 6.42 Å². The third-order valence-corrected chi connectivity index (χ3v) is 2.41. The number of likely N-dealkylation sites (N-methyl/N-ethyl adjacent to an activating group) is 1. The molecule has 0 aliphatic heterocycles. The molecule has 0 aliphatic carbocycles. The molecular weight excluding hydrogens is 158 g/mol. The number of aryl methyl sites for hydroxylation is 1. The lowest BCUT2D eigenvalue weighted by Crippen LogP contribution is -2.38. The number of rotatable bonds is 3. The number of nitrogens with one attached hydrogen (secondary N) is 1. The van der Waals surface area contributed by atoms with Crippen molar-refractivity contribution >= 4 is 0 Å². The molecule has 1 aromatic carbocycles. The Kier molecular flexibility index (Phi) is 3.10. The summed E-state index contributed by atoms with van der Waals surface area (Å²) in [5.41, 5.74) is 2.93. The summed E-state index contributed by atoms with van der Waals surface area (Å²) >= 11 is 0. The number of hydrogen-bond acceptors (Lipinski definition) is 1. The molecule has 0 bridgehead atoms. The zero-order valence-electron chi connectivity index (χ0n) is 9.02. The second-order valence-corrected chi connectivity index (χ2v) is 4.30. The topological polar surface area (TPSA) is 12.0 Å². The van der Waals surface area contributed by atoms with Crippen LogP contribution in [-0.4, -0.2) is 12.6 Å². The molecule has 1 rings (SSSR count). The van der Waals surface area contributed by atoms with Gasteiger partial charge in [-0.1, -0.05) is 29.8 Å². The molecule has 13 heavy (non-hydrogen) atoms. The summed E-state index contributed by atoms with van der Waals surface area (Å²) < 4.78 is 0. The van der Waals surface area contributed by atoms with Gasteiger partial charge in [0.2, 0.25) is 0 Å². The largest absolute Gasteiger partial charge is 0.314 e. The van der Waals surface area contributed by atoms with Crippen LogP contribution in [0.4, 0.5) is 0 Å². The van der Waals surface area contributed by atoms with Crippen LogP contribution < -0.4 is 5.32 Å². The van der Waals surface area contributed by atoms with Gasteiger partial charge in [0.1, 0.15) is 0 Å². The first kappa shape index (κ1) is 10.3. The maximum atomic E-state index is 3.31. The molecule has 0 radical (unpaired) electrons. The van der Waals surface area contributed by atoms with Crippen molar-refractivity contribution in [3.63, 3.8) is 0 Å². The Labute approximate surface area is 81.2 Å². The summed E-state index contributed by atoms with van der Waals surface area (Å²) in [5, 5.41) is 3.31. The van der Waals surface area contributed by atoms with Crippen molar-refractivity contribution in [2.75, 3.05) is 7.05 Å². The highest BCUT2D eigenvalue weighted by molar-refractivity contribution is 5.23. The molecule has 0 atom stereocenters. The third-order valence-electron chi connectivity index (χ3n) is 2.41. The van der Waals surface area contributed by atoms with Gasteiger partial charge in [0.15, 0.2) is 0 Å². The summed E-state index contributed by atoms with van der Waals surface area (Å²) in [6.07, 6.45) is 1.07. The molecule has 0 saturated heterocycles. The van der Waals surface area contributed by atoms with Crippen molar-refractivity contribution in [3.8, 4) is 0 Å². The minimum absolute atomic E-state index is 0.188. The van der Waals surface area contributed by atoms with Gasteiger partial charge in [-0.15, -0.1) is 0 Å². The van der Waals surface area contributed by atoms with Crippen LogP contribution in [0.3, 0.4) is 0 Å². The summed E-state index contributed by atoms with van der Waals surface area (Å²) in [6.45, 7) is 6.57. The summed E-state index contributed by atoms with van der Waals surface area (Å²) in [7, 11) is 2.01. The molecule has 1 heteroatoms. The molecule has 0 spiro atoms. The molecular formula is C12H19N. The fourth-order valence-corrected chi connectivity index (χ4v) is 1.42. The first-order valence-electron chi connectivity index (χ1n) is 4.78. The zero-order valence-corrected chi connectivity index (χ0v) is 9.02. The first-order valence-corrected chi connectivity index (χ1v) is 4.78. The van der Waals surface area contributed by atoms with Gasteiger partial charge in [-0.2, -0.15) is 0 Å². The highest BCUT2D eigenvalue weighted by Crippen LogP contribution is 2.13. The SMILES string of the molecule is CNC(C)(C)Cc1cccc(C)c1. The molecule has 0 heterocycles. The molecule has 0 aromatic heterocycles. The molecule has 1 nitrogen and oxygen atoms in total. The Morgan fingerprint density at radius 2 is 2.00 bits per heavy atom. The fourth-order valence-electron chi connectivity index (χ4n) is 1.42. The van der Waals surface area contributed by atoms with Gasteiger partial charge >= 0.3 is 0 Å². The van der Waals surface area contributed by atoms with Crippen LogP contribution in [-0.2, 0) is 6.42 Å². The van der Waals surface area contributed by atoms with E-state index in [0.29, 0.717) is 0 Å². The van der Waals surface area contributed by atoms with Gasteiger partial charge in [-0.3, -0.25) is 0 Å². The van der Waals surface area contributed by atoms with Gasteiger partial charge in [-0.25, -0.2) is 0 Å². The van der Waals surface area contributed by atoms with E-state index in [9.17, 15) is 0 Å². The van der Waals surface area contributed by atoms with Crippen LogP contribution in [0.5, 0.6) is 0 Å². The van der Waals surface area contributed by atoms with Crippen molar-refractivity contribution in [1.29, 1.82) is 0 Å². The van der Waals surface area contributed by atoms with Crippen LogP contribution in [0.1, 0.15) is 25.0 Å². The summed E-state index contributed by atoms with van der Waals surface area (Å²) in [6, 6.07) is 8.69. The molecule has 0 saturated carbocycles. The minimum Gasteiger partial charge on any atom is -0.314 e. The first-order chi connectivity index (χ1) is 6.03. The Balaban J connectivity index is 2.74. The fraction of sp³-hybridized carbons (Fsp3) is 0.500. The van der Waals surface area contributed by atoms with Crippen LogP contribution in [0.15, 0.2) is 24.3 Å². The third kappa shape index (κ3) is 3.19. The highest BCUT2D eigenvalue weighted by Gasteiger charge is 2.14. The Bertz CT molecular complexity index is 276. The maximum Gasteiger partial charge on any atom is 0.0162 e. The van der Waals surface area contributed by atoms with Crippen LogP contribution >= 0.6 is 0 Å². The van der Waals surface area contributed by atoms with Gasteiger partial charge in [0, 0.05) is 5.54 Å². The van der Waals surface area contributed by atoms with E-state index in [1.165, 1.54) is 11.1 Å². The average molecular weight is 177 g/mol. The number of hydrogen-bond donors (Lipinski definition) is 1. The van der Waals surface area contributed by atoms with Gasteiger partial charge in [-0.05, 0) is 39.8 Å². The smallest absolute Gasteiger partial charge is 0.0162 e. The van der Waals surface area contributed by atoms with Crippen molar-refractivity contribution in [3.05, 3.63) is 35.4 Å². The standard InChI is InChI=1S/C12H19N/c1-10-6-5-7-11(8-10)9-12(2,3)13-4/h5-8,13H,9H2,1-4H3. The zero-order chi connectivity index (χ0) is 9.90. The van der Waals surface area contributed by atoms with Crippen molar-refractivity contribution in [1.82, 2.24) is 5.32 Å². The summed E-state index contributed by atoms with van der Waals surface area (Å²) in [5.74, 6) is 0. The molecule has 0 aliphatic rings. The molecule has 0 unspecified atom stereocenters. The second kappa shape index (κ2) is 3.93. The van der Waals surface area contributed by atoms with E-state index in [-0.39, 0.29) is 5.54 Å². The average Bonchev–Trinajstić information content (AvgIpc) is 2.03. The minimum atomic E-state index is 0.188. The van der Waals surface area contributed by atoms with E-state index in [1.54, 1.807) is 0 Å². The predicted molar refractivity (Wildman–Crippen MR) is 58.0 cm³/mol. The van der Waals surface area contributed by atoms with Crippen molar-refractivity contribution < 1.29 is 0 Å². The van der Waals surface area contributed by atoms with Gasteiger partial charge in [0.05, 0.1) is 0 Å². The van der Waals surface area contributed by atoms with E-state index in [1.807, 2.05) is 7.05 Å².